The van der Waals surface area contributed by atoms with Crippen molar-refractivity contribution in [2.45, 2.75) is 39.3 Å². The van der Waals surface area contributed by atoms with Gasteiger partial charge in [-0.25, -0.2) is 9.79 Å². The number of ether oxygens (including phenoxy) is 4. The molecule has 0 saturated heterocycles. The van der Waals surface area contributed by atoms with E-state index in [-0.39, 0.29) is 18.8 Å². The molecule has 4 aromatic rings. The summed E-state index contributed by atoms with van der Waals surface area (Å²) in [6, 6.07) is 15.5. The normalized spacial score (nSPS) is 14.5. The fraction of sp³-hybridized carbons (Fsp3) is 0.265. The van der Waals surface area contributed by atoms with Crippen molar-refractivity contribution in [2.75, 3.05) is 20.8 Å². The van der Waals surface area contributed by atoms with Gasteiger partial charge in [-0.3, -0.25) is 9.36 Å². The number of halogens is 3. The molecule has 0 spiro atoms. The SMILES string of the molecule is CCCC1=C(C(=O)OCC)[C@H](c2cc(Cl)ccc2OC)n2c(s/c(=C/c3cc(I)c(OCc4ccccc4Cl)c(OC)c3)c2=O)=N1. The van der Waals surface area contributed by atoms with Gasteiger partial charge in [-0.05, 0) is 84.0 Å². The molecular formula is C34H31Cl2IN2O6S. The van der Waals surface area contributed by atoms with Crippen molar-refractivity contribution in [2.24, 2.45) is 4.99 Å². The van der Waals surface area contributed by atoms with Gasteiger partial charge >= 0.3 is 5.97 Å². The van der Waals surface area contributed by atoms with Crippen molar-refractivity contribution in [3.8, 4) is 17.2 Å². The minimum atomic E-state index is -0.858. The first-order valence-corrected chi connectivity index (χ1v) is 17.1. The molecule has 0 saturated carbocycles. The molecule has 1 aromatic heterocycles. The summed E-state index contributed by atoms with van der Waals surface area (Å²) >= 11 is 16.2. The van der Waals surface area contributed by atoms with Gasteiger partial charge in [0.05, 0.1) is 40.2 Å². The molecule has 1 aliphatic rings. The van der Waals surface area contributed by atoms with Crippen LogP contribution < -0.4 is 29.1 Å². The van der Waals surface area contributed by atoms with Crippen LogP contribution in [-0.4, -0.2) is 31.4 Å². The summed E-state index contributed by atoms with van der Waals surface area (Å²) in [6.07, 6.45) is 3.04. The standard InChI is InChI=1S/C34H31Cl2IN2O6S/c1-5-9-25-29(33(41)44-6-2)30(22-17-21(35)12-13-26(22)42-3)39-32(40)28(46-34(39)38-25)16-19-14-24(37)31(27(15-19)43-4)45-18-20-10-7-8-11-23(20)36/h7-8,10-17,30H,5-6,9,18H2,1-4H3/b28-16+/t30-/m0/s1. The van der Waals surface area contributed by atoms with Crippen LogP contribution >= 0.6 is 57.1 Å². The van der Waals surface area contributed by atoms with Gasteiger partial charge in [-0.15, -0.1) is 0 Å². The Labute approximate surface area is 294 Å². The highest BCUT2D eigenvalue weighted by Gasteiger charge is 2.36. The number of fused-ring (bicyclic) bond motifs is 1. The molecule has 0 fully saturated rings. The van der Waals surface area contributed by atoms with Crippen LogP contribution in [-0.2, 0) is 16.1 Å². The quantitative estimate of drug-likeness (QED) is 0.119. The molecular weight excluding hydrogens is 762 g/mol. The average Bonchev–Trinajstić information content (AvgIpc) is 3.34. The Bertz CT molecular complexity index is 2010. The van der Waals surface area contributed by atoms with E-state index in [1.54, 1.807) is 38.3 Å². The molecule has 8 nitrogen and oxygen atoms in total. The number of allylic oxidation sites excluding steroid dienone is 1. The monoisotopic (exact) mass is 792 g/mol. The molecule has 3 aromatic carbocycles. The van der Waals surface area contributed by atoms with E-state index in [0.717, 1.165) is 21.1 Å². The smallest absolute Gasteiger partial charge is 0.338 e. The lowest BCUT2D eigenvalue weighted by atomic mass is 9.93. The highest BCUT2D eigenvalue weighted by molar-refractivity contribution is 14.1. The molecule has 5 rings (SSSR count). The fourth-order valence-electron chi connectivity index (χ4n) is 5.21. The number of rotatable bonds is 11. The third kappa shape index (κ3) is 7.00. The number of nitrogens with zero attached hydrogens (tertiary/aromatic N) is 2. The molecule has 0 aliphatic carbocycles. The van der Waals surface area contributed by atoms with Gasteiger partial charge < -0.3 is 18.9 Å². The molecule has 240 valence electrons. The van der Waals surface area contributed by atoms with Crippen LogP contribution in [0.1, 0.15) is 49.4 Å². The van der Waals surface area contributed by atoms with Crippen molar-refractivity contribution < 1.29 is 23.7 Å². The Kier molecular flexibility index (Phi) is 11.1. The van der Waals surface area contributed by atoms with Crippen molar-refractivity contribution in [3.05, 3.63) is 116 Å². The van der Waals surface area contributed by atoms with Crippen molar-refractivity contribution in [3.63, 3.8) is 0 Å². The van der Waals surface area contributed by atoms with E-state index in [1.165, 1.54) is 23.0 Å². The van der Waals surface area contributed by atoms with E-state index in [0.29, 0.717) is 59.9 Å². The summed E-state index contributed by atoms with van der Waals surface area (Å²) in [5, 5.41) is 1.05. The van der Waals surface area contributed by atoms with E-state index < -0.39 is 12.0 Å². The number of aromatic nitrogens is 1. The highest BCUT2D eigenvalue weighted by atomic mass is 127. The van der Waals surface area contributed by atoms with E-state index in [1.807, 2.05) is 43.3 Å². The Morgan fingerprint density at radius 1 is 1.07 bits per heavy atom. The van der Waals surface area contributed by atoms with Crippen LogP contribution in [0.5, 0.6) is 17.2 Å². The lowest BCUT2D eigenvalue weighted by Crippen LogP contribution is -2.40. The number of carbonyl (C=O) groups is 1. The second-order valence-corrected chi connectivity index (χ2v) is 13.2. The van der Waals surface area contributed by atoms with Gasteiger partial charge in [0.15, 0.2) is 16.3 Å². The molecule has 1 atom stereocenters. The fourth-order valence-corrected chi connectivity index (χ4v) is 7.39. The first-order valence-electron chi connectivity index (χ1n) is 14.5. The zero-order chi connectivity index (χ0) is 33.0. The van der Waals surface area contributed by atoms with Crippen molar-refractivity contribution in [1.29, 1.82) is 0 Å². The van der Waals surface area contributed by atoms with Gasteiger partial charge in [0.1, 0.15) is 18.4 Å². The Morgan fingerprint density at radius 2 is 1.83 bits per heavy atom. The number of esters is 1. The Balaban J connectivity index is 1.65. The molecule has 2 heterocycles. The van der Waals surface area contributed by atoms with Gasteiger partial charge in [0.2, 0.25) is 0 Å². The van der Waals surface area contributed by atoms with Crippen LogP contribution in [0.3, 0.4) is 0 Å². The maximum absolute atomic E-state index is 14.2. The van der Waals surface area contributed by atoms with E-state index >= 15 is 0 Å². The van der Waals surface area contributed by atoms with Gasteiger partial charge in [0.25, 0.3) is 5.56 Å². The number of benzene rings is 3. The topological polar surface area (TPSA) is 88.4 Å². The van der Waals surface area contributed by atoms with E-state index in [4.69, 9.17) is 47.1 Å². The summed E-state index contributed by atoms with van der Waals surface area (Å²) in [4.78, 5) is 33.0. The summed E-state index contributed by atoms with van der Waals surface area (Å²) in [5.41, 5.74) is 2.68. The van der Waals surface area contributed by atoms with Crippen LogP contribution in [0, 0.1) is 3.57 Å². The maximum atomic E-state index is 14.2. The average molecular weight is 794 g/mol. The maximum Gasteiger partial charge on any atom is 0.338 e. The number of carbonyl (C=O) groups excluding carboxylic acids is 1. The third-order valence-electron chi connectivity index (χ3n) is 7.26. The minimum Gasteiger partial charge on any atom is -0.496 e. The zero-order valence-electron chi connectivity index (χ0n) is 25.6. The largest absolute Gasteiger partial charge is 0.496 e. The molecule has 0 radical (unpaired) electrons. The summed E-state index contributed by atoms with van der Waals surface area (Å²) in [5.74, 6) is 1.02. The Hall–Kier alpha value is -3.32. The zero-order valence-corrected chi connectivity index (χ0v) is 30.1. The molecule has 0 unspecified atom stereocenters. The van der Waals surface area contributed by atoms with Gasteiger partial charge in [0, 0.05) is 21.2 Å². The molecule has 0 amide bonds. The number of thiazole rings is 1. The predicted molar refractivity (Wildman–Crippen MR) is 189 cm³/mol. The second kappa shape index (κ2) is 15.1. The predicted octanol–water partition coefficient (Wildman–Crippen LogP) is 7.09. The lowest BCUT2D eigenvalue weighted by Gasteiger charge is -2.27. The molecule has 46 heavy (non-hydrogen) atoms. The Morgan fingerprint density at radius 3 is 2.52 bits per heavy atom. The lowest BCUT2D eigenvalue weighted by molar-refractivity contribution is -0.139. The van der Waals surface area contributed by atoms with E-state index in [2.05, 4.69) is 22.6 Å². The van der Waals surface area contributed by atoms with Crippen LogP contribution in [0.2, 0.25) is 10.0 Å². The third-order valence-corrected chi connectivity index (χ3v) is 9.65. The summed E-state index contributed by atoms with van der Waals surface area (Å²) in [6.45, 7) is 4.18. The number of hydrogen-bond donors (Lipinski definition) is 0. The van der Waals surface area contributed by atoms with Gasteiger partial charge in [-0.2, -0.15) is 0 Å². The molecule has 0 bridgehead atoms. The molecule has 12 heteroatoms. The minimum absolute atomic E-state index is 0.171. The summed E-state index contributed by atoms with van der Waals surface area (Å²) in [7, 11) is 3.10. The molecule has 0 N–H and O–H groups in total. The first kappa shape index (κ1) is 34.0. The van der Waals surface area contributed by atoms with Crippen molar-refractivity contribution >= 4 is 69.2 Å². The first-order chi connectivity index (χ1) is 22.2. The molecule has 1 aliphatic heterocycles. The van der Waals surface area contributed by atoms with Crippen molar-refractivity contribution in [1.82, 2.24) is 4.57 Å². The van der Waals surface area contributed by atoms with E-state index in [9.17, 15) is 9.59 Å². The summed E-state index contributed by atoms with van der Waals surface area (Å²) < 4.78 is 25.7. The van der Waals surface area contributed by atoms with Crippen LogP contribution in [0.15, 0.2) is 75.7 Å². The number of hydrogen-bond acceptors (Lipinski definition) is 8. The van der Waals surface area contributed by atoms with Gasteiger partial charge in [-0.1, -0.05) is 66.1 Å². The highest BCUT2D eigenvalue weighted by Crippen LogP contribution is 2.39. The number of methoxy groups -OCH3 is 2. The van der Waals surface area contributed by atoms with Crippen LogP contribution in [0.4, 0.5) is 0 Å². The van der Waals surface area contributed by atoms with Crippen LogP contribution in [0.25, 0.3) is 6.08 Å². The second-order valence-electron chi connectivity index (χ2n) is 10.2.